The number of aryl methyl sites for hydroxylation is 1. The lowest BCUT2D eigenvalue weighted by Crippen LogP contribution is -2.44. The number of para-hydroxylation sites is 1. The minimum absolute atomic E-state index is 0.0107. The number of benzene rings is 2. The number of likely N-dealkylation sites (tertiary alicyclic amines) is 1. The summed E-state index contributed by atoms with van der Waals surface area (Å²) in [6.07, 6.45) is 1.67. The molecule has 2 aromatic rings. The number of carbonyl (C=O) groups excluding carboxylic acids is 2. The van der Waals surface area contributed by atoms with Gasteiger partial charge in [-0.05, 0) is 43.5 Å². The minimum Gasteiger partial charge on any atom is -0.338 e. The normalized spacial score (nSPS) is 17.4. The van der Waals surface area contributed by atoms with Crippen LogP contribution in [0.4, 0.5) is 5.69 Å². The topological polar surface area (TPSA) is 49.4 Å². The van der Waals surface area contributed by atoms with Crippen LogP contribution in [0.3, 0.4) is 0 Å². The van der Waals surface area contributed by atoms with E-state index in [1.807, 2.05) is 61.5 Å². The van der Waals surface area contributed by atoms with E-state index in [9.17, 15) is 9.59 Å². The zero-order chi connectivity index (χ0) is 16.9. The maximum atomic E-state index is 12.7. The molecular formula is C20H22N2O2. The van der Waals surface area contributed by atoms with E-state index >= 15 is 0 Å². The number of carbonyl (C=O) groups is 2. The highest BCUT2D eigenvalue weighted by Gasteiger charge is 2.29. The average Bonchev–Trinajstić information content (AvgIpc) is 2.62. The molecule has 1 aliphatic heterocycles. The average molecular weight is 322 g/mol. The molecule has 1 heterocycles. The summed E-state index contributed by atoms with van der Waals surface area (Å²) in [6.45, 7) is 3.13. The fourth-order valence-corrected chi connectivity index (χ4v) is 3.12. The first-order valence-electron chi connectivity index (χ1n) is 8.36. The second-order valence-electron chi connectivity index (χ2n) is 6.26. The first-order valence-corrected chi connectivity index (χ1v) is 8.36. The molecule has 0 bridgehead atoms. The maximum Gasteiger partial charge on any atom is 0.254 e. The molecule has 0 aliphatic carbocycles. The van der Waals surface area contributed by atoms with E-state index in [1.165, 1.54) is 0 Å². The number of hydrogen-bond donors (Lipinski definition) is 1. The summed E-state index contributed by atoms with van der Waals surface area (Å²) in [5, 5.41) is 2.95. The summed E-state index contributed by atoms with van der Waals surface area (Å²) >= 11 is 0. The van der Waals surface area contributed by atoms with Crippen LogP contribution in [0.15, 0.2) is 54.6 Å². The smallest absolute Gasteiger partial charge is 0.254 e. The second-order valence-corrected chi connectivity index (χ2v) is 6.26. The van der Waals surface area contributed by atoms with Gasteiger partial charge in [0, 0.05) is 24.3 Å². The van der Waals surface area contributed by atoms with Crippen LogP contribution in [-0.4, -0.2) is 29.8 Å². The molecule has 4 nitrogen and oxygen atoms in total. The Kier molecular flexibility index (Phi) is 4.94. The van der Waals surface area contributed by atoms with Gasteiger partial charge in [-0.1, -0.05) is 36.4 Å². The fraction of sp³-hybridized carbons (Fsp3) is 0.300. The van der Waals surface area contributed by atoms with Crippen LogP contribution in [0.1, 0.15) is 28.8 Å². The first kappa shape index (κ1) is 16.2. The lowest BCUT2D eigenvalue weighted by atomic mass is 9.96. The van der Waals surface area contributed by atoms with Gasteiger partial charge >= 0.3 is 0 Å². The number of piperidine rings is 1. The van der Waals surface area contributed by atoms with Gasteiger partial charge in [-0.2, -0.15) is 0 Å². The summed E-state index contributed by atoms with van der Waals surface area (Å²) in [7, 11) is 0. The minimum atomic E-state index is -0.160. The largest absolute Gasteiger partial charge is 0.338 e. The Hall–Kier alpha value is -2.62. The lowest BCUT2D eigenvalue weighted by Gasteiger charge is -2.32. The molecule has 0 saturated carbocycles. The molecule has 2 aromatic carbocycles. The summed E-state index contributed by atoms with van der Waals surface area (Å²) < 4.78 is 0. The molecule has 0 spiro atoms. The predicted molar refractivity (Wildman–Crippen MR) is 94.9 cm³/mol. The molecule has 1 N–H and O–H groups in total. The predicted octanol–water partition coefficient (Wildman–Crippen LogP) is 3.49. The van der Waals surface area contributed by atoms with E-state index in [4.69, 9.17) is 0 Å². The van der Waals surface area contributed by atoms with Crippen LogP contribution in [0, 0.1) is 12.8 Å². The van der Waals surface area contributed by atoms with Crippen molar-refractivity contribution in [3.63, 3.8) is 0 Å². The van der Waals surface area contributed by atoms with Crippen molar-refractivity contribution in [1.82, 2.24) is 4.90 Å². The number of nitrogens with zero attached hydrogens (tertiary/aromatic N) is 1. The third kappa shape index (κ3) is 3.65. The Morgan fingerprint density at radius 1 is 1.04 bits per heavy atom. The zero-order valence-electron chi connectivity index (χ0n) is 13.9. The second kappa shape index (κ2) is 7.30. The van der Waals surface area contributed by atoms with E-state index in [2.05, 4.69) is 5.32 Å². The number of anilines is 1. The van der Waals surface area contributed by atoms with Crippen LogP contribution in [0.2, 0.25) is 0 Å². The number of nitrogens with one attached hydrogen (secondary N) is 1. The van der Waals surface area contributed by atoms with Crippen molar-refractivity contribution < 1.29 is 9.59 Å². The molecule has 0 radical (unpaired) electrons. The van der Waals surface area contributed by atoms with Gasteiger partial charge < -0.3 is 10.2 Å². The molecule has 1 aliphatic rings. The van der Waals surface area contributed by atoms with Crippen molar-refractivity contribution in [2.75, 3.05) is 18.4 Å². The van der Waals surface area contributed by atoms with Crippen molar-refractivity contribution in [2.24, 2.45) is 5.92 Å². The summed E-state index contributed by atoms with van der Waals surface area (Å²) in [5.74, 6) is -0.152. The number of rotatable bonds is 3. The van der Waals surface area contributed by atoms with Crippen LogP contribution in [-0.2, 0) is 4.79 Å². The standard InChI is InChI=1S/C20H22N2O2/c1-15-8-5-6-12-18(15)20(24)22-13-7-9-16(14-22)19(23)21-17-10-3-2-4-11-17/h2-6,8,10-12,16H,7,9,13-14H2,1H3,(H,21,23). The maximum absolute atomic E-state index is 12.7. The fourth-order valence-electron chi connectivity index (χ4n) is 3.12. The molecule has 24 heavy (non-hydrogen) atoms. The quantitative estimate of drug-likeness (QED) is 0.940. The monoisotopic (exact) mass is 322 g/mol. The Bertz CT molecular complexity index is 727. The molecule has 1 atom stereocenters. The summed E-state index contributed by atoms with van der Waals surface area (Å²) in [4.78, 5) is 27.0. The lowest BCUT2D eigenvalue weighted by molar-refractivity contribution is -0.121. The zero-order valence-corrected chi connectivity index (χ0v) is 13.9. The van der Waals surface area contributed by atoms with Crippen molar-refractivity contribution >= 4 is 17.5 Å². The van der Waals surface area contributed by atoms with Gasteiger partial charge in [-0.25, -0.2) is 0 Å². The van der Waals surface area contributed by atoms with Gasteiger partial charge in [0.1, 0.15) is 0 Å². The van der Waals surface area contributed by atoms with Gasteiger partial charge in [0.15, 0.2) is 0 Å². The van der Waals surface area contributed by atoms with Crippen LogP contribution < -0.4 is 5.32 Å². The van der Waals surface area contributed by atoms with Gasteiger partial charge in [-0.3, -0.25) is 9.59 Å². The SMILES string of the molecule is Cc1ccccc1C(=O)N1CCCC(C(=O)Nc2ccccc2)C1. The summed E-state index contributed by atoms with van der Waals surface area (Å²) in [5.41, 5.74) is 2.49. The number of hydrogen-bond acceptors (Lipinski definition) is 2. The van der Waals surface area contributed by atoms with E-state index < -0.39 is 0 Å². The van der Waals surface area contributed by atoms with Crippen molar-refractivity contribution in [1.29, 1.82) is 0 Å². The molecule has 0 aromatic heterocycles. The Labute approximate surface area is 142 Å². The first-order chi connectivity index (χ1) is 11.6. The van der Waals surface area contributed by atoms with Crippen molar-refractivity contribution in [3.8, 4) is 0 Å². The van der Waals surface area contributed by atoms with E-state index in [-0.39, 0.29) is 17.7 Å². The van der Waals surface area contributed by atoms with Gasteiger partial charge in [0.2, 0.25) is 5.91 Å². The highest BCUT2D eigenvalue weighted by Crippen LogP contribution is 2.21. The molecule has 1 fully saturated rings. The van der Waals surface area contributed by atoms with E-state index in [1.54, 1.807) is 4.90 Å². The van der Waals surface area contributed by atoms with Gasteiger partial charge in [0.25, 0.3) is 5.91 Å². The third-order valence-electron chi connectivity index (χ3n) is 4.50. The van der Waals surface area contributed by atoms with E-state index in [0.717, 1.165) is 29.7 Å². The van der Waals surface area contributed by atoms with Crippen molar-refractivity contribution in [2.45, 2.75) is 19.8 Å². The third-order valence-corrected chi connectivity index (χ3v) is 4.50. The van der Waals surface area contributed by atoms with Gasteiger partial charge in [0.05, 0.1) is 5.92 Å². The van der Waals surface area contributed by atoms with Crippen molar-refractivity contribution in [3.05, 3.63) is 65.7 Å². The van der Waals surface area contributed by atoms with E-state index in [0.29, 0.717) is 13.1 Å². The molecular weight excluding hydrogens is 300 g/mol. The number of amides is 2. The Morgan fingerprint density at radius 3 is 2.50 bits per heavy atom. The molecule has 3 rings (SSSR count). The molecule has 1 saturated heterocycles. The molecule has 2 amide bonds. The highest BCUT2D eigenvalue weighted by molar-refractivity contribution is 5.97. The van der Waals surface area contributed by atoms with Gasteiger partial charge in [-0.15, -0.1) is 0 Å². The molecule has 1 unspecified atom stereocenters. The highest BCUT2D eigenvalue weighted by atomic mass is 16.2. The molecule has 4 heteroatoms. The Balaban J connectivity index is 1.67. The van der Waals surface area contributed by atoms with Crippen LogP contribution >= 0.6 is 0 Å². The Morgan fingerprint density at radius 2 is 1.75 bits per heavy atom. The molecule has 124 valence electrons. The van der Waals surface area contributed by atoms with Crippen LogP contribution in [0.25, 0.3) is 0 Å². The summed E-state index contributed by atoms with van der Waals surface area (Å²) in [6, 6.07) is 17.0. The van der Waals surface area contributed by atoms with Crippen LogP contribution in [0.5, 0.6) is 0 Å².